The number of carbonyl (C=O) groups is 2. The van der Waals surface area contributed by atoms with Crippen molar-refractivity contribution < 1.29 is 19.4 Å². The van der Waals surface area contributed by atoms with Crippen molar-refractivity contribution in [2.75, 3.05) is 13.2 Å². The van der Waals surface area contributed by atoms with Crippen molar-refractivity contribution in [3.05, 3.63) is 34.5 Å². The number of aryl methyl sites for hydroxylation is 1. The number of carboxylic acids is 1. The second kappa shape index (κ2) is 6.87. The number of thiophene rings is 1. The van der Waals surface area contributed by atoms with Crippen LogP contribution in [0.4, 0.5) is 0 Å². The molecule has 5 nitrogen and oxygen atoms in total. The van der Waals surface area contributed by atoms with Gasteiger partial charge in [0.2, 0.25) is 5.91 Å². The van der Waals surface area contributed by atoms with Crippen molar-refractivity contribution in [2.45, 2.75) is 25.3 Å². The van der Waals surface area contributed by atoms with Gasteiger partial charge in [0.05, 0.1) is 13.2 Å². The van der Waals surface area contributed by atoms with E-state index in [1.807, 2.05) is 18.4 Å². The topological polar surface area (TPSA) is 75.6 Å². The van der Waals surface area contributed by atoms with Crippen LogP contribution in [-0.2, 0) is 14.3 Å². The standard InChI is InChI=1S/C15H19NO4S/c1-3-5-20-8-12(15(18)19)16-14(17)11-7-10(11)13-9(2)4-6-21-13/h3-4,6,10-12H,1,5,7-8H2,2H3,(H,16,17)(H,18,19). The molecular weight excluding hydrogens is 290 g/mol. The highest BCUT2D eigenvalue weighted by Crippen LogP contribution is 2.50. The number of carbonyl (C=O) groups excluding carboxylic acids is 1. The van der Waals surface area contributed by atoms with Gasteiger partial charge in [0.15, 0.2) is 6.04 Å². The van der Waals surface area contributed by atoms with Crippen molar-refractivity contribution in [2.24, 2.45) is 5.92 Å². The number of nitrogens with one attached hydrogen (secondary N) is 1. The van der Waals surface area contributed by atoms with E-state index in [1.54, 1.807) is 11.3 Å². The largest absolute Gasteiger partial charge is 0.480 e. The van der Waals surface area contributed by atoms with Gasteiger partial charge < -0.3 is 15.2 Å². The van der Waals surface area contributed by atoms with E-state index in [2.05, 4.69) is 11.9 Å². The van der Waals surface area contributed by atoms with Crippen LogP contribution < -0.4 is 5.32 Å². The Bertz CT molecular complexity index is 540. The molecule has 1 heterocycles. The molecule has 114 valence electrons. The zero-order valence-corrected chi connectivity index (χ0v) is 12.7. The summed E-state index contributed by atoms with van der Waals surface area (Å²) in [6.07, 6.45) is 2.32. The Kier molecular flexibility index (Phi) is 5.14. The molecular formula is C15H19NO4S. The number of amides is 1. The highest BCUT2D eigenvalue weighted by atomic mass is 32.1. The Labute approximate surface area is 127 Å². The first-order valence-corrected chi connectivity index (χ1v) is 7.68. The highest BCUT2D eigenvalue weighted by molar-refractivity contribution is 7.10. The molecule has 6 heteroatoms. The fourth-order valence-electron chi connectivity index (χ4n) is 2.26. The summed E-state index contributed by atoms with van der Waals surface area (Å²) in [6, 6.07) is 1.03. The lowest BCUT2D eigenvalue weighted by molar-refractivity contribution is -0.143. The SMILES string of the molecule is C=CCOCC(NC(=O)C1CC1c1sccc1C)C(=O)O. The van der Waals surface area contributed by atoms with E-state index in [0.717, 1.165) is 6.42 Å². The third kappa shape index (κ3) is 3.92. The van der Waals surface area contributed by atoms with Crippen LogP contribution in [0.5, 0.6) is 0 Å². The smallest absolute Gasteiger partial charge is 0.328 e. The molecule has 1 aliphatic carbocycles. The van der Waals surface area contributed by atoms with Crippen molar-refractivity contribution in [3.63, 3.8) is 0 Å². The summed E-state index contributed by atoms with van der Waals surface area (Å²) in [6.45, 7) is 5.73. The third-order valence-corrected chi connectivity index (χ3v) is 4.65. The van der Waals surface area contributed by atoms with Gasteiger partial charge in [-0.25, -0.2) is 4.79 Å². The molecule has 0 radical (unpaired) electrons. The Balaban J connectivity index is 1.87. The van der Waals surface area contributed by atoms with Gasteiger partial charge in [-0.1, -0.05) is 6.08 Å². The van der Waals surface area contributed by atoms with Crippen LogP contribution in [0.2, 0.25) is 0 Å². The fourth-order valence-corrected chi connectivity index (χ4v) is 3.37. The lowest BCUT2D eigenvalue weighted by atomic mass is 10.2. The molecule has 21 heavy (non-hydrogen) atoms. The normalized spacial score (nSPS) is 21.6. The van der Waals surface area contributed by atoms with E-state index >= 15 is 0 Å². The Morgan fingerprint density at radius 3 is 3.00 bits per heavy atom. The van der Waals surface area contributed by atoms with E-state index in [0.29, 0.717) is 0 Å². The molecule has 1 saturated carbocycles. The molecule has 0 aliphatic heterocycles. The predicted octanol–water partition coefficient (Wildman–Crippen LogP) is 1.93. The fraction of sp³-hybridized carbons (Fsp3) is 0.467. The predicted molar refractivity (Wildman–Crippen MR) is 80.5 cm³/mol. The first-order chi connectivity index (χ1) is 10.0. The first-order valence-electron chi connectivity index (χ1n) is 6.80. The van der Waals surface area contributed by atoms with Crippen LogP contribution in [-0.4, -0.2) is 36.2 Å². The van der Waals surface area contributed by atoms with Gasteiger partial charge in [0, 0.05) is 16.7 Å². The molecule has 1 fully saturated rings. The summed E-state index contributed by atoms with van der Waals surface area (Å²) >= 11 is 1.65. The first kappa shape index (κ1) is 15.7. The zero-order chi connectivity index (χ0) is 15.4. The maximum atomic E-state index is 12.1. The molecule has 3 unspecified atom stereocenters. The molecule has 1 amide bonds. The van der Waals surface area contributed by atoms with Gasteiger partial charge in [0.25, 0.3) is 0 Å². The molecule has 2 rings (SSSR count). The minimum Gasteiger partial charge on any atom is -0.480 e. The van der Waals surface area contributed by atoms with E-state index in [-0.39, 0.29) is 31.0 Å². The van der Waals surface area contributed by atoms with Crippen LogP contribution >= 0.6 is 11.3 Å². The van der Waals surface area contributed by atoms with Crippen LogP contribution in [0.25, 0.3) is 0 Å². The maximum absolute atomic E-state index is 12.1. The maximum Gasteiger partial charge on any atom is 0.328 e. The van der Waals surface area contributed by atoms with E-state index in [9.17, 15) is 9.59 Å². The average Bonchev–Trinajstić information content (AvgIpc) is 3.12. The number of carboxylic acid groups (broad SMARTS) is 1. The molecule has 0 saturated heterocycles. The van der Waals surface area contributed by atoms with Gasteiger partial charge >= 0.3 is 5.97 Å². The minimum atomic E-state index is -1.09. The van der Waals surface area contributed by atoms with Crippen molar-refractivity contribution >= 4 is 23.2 Å². The Hall–Kier alpha value is -1.66. The lowest BCUT2D eigenvalue weighted by Gasteiger charge is -2.14. The molecule has 0 bridgehead atoms. The van der Waals surface area contributed by atoms with Crippen molar-refractivity contribution in [3.8, 4) is 0 Å². The molecule has 0 aromatic carbocycles. The van der Waals surface area contributed by atoms with Gasteiger partial charge in [0.1, 0.15) is 0 Å². The second-order valence-corrected chi connectivity index (χ2v) is 6.09. The molecule has 2 N–H and O–H groups in total. The summed E-state index contributed by atoms with van der Waals surface area (Å²) in [7, 11) is 0. The van der Waals surface area contributed by atoms with E-state index in [1.165, 1.54) is 16.5 Å². The Morgan fingerprint density at radius 1 is 1.67 bits per heavy atom. The quantitative estimate of drug-likeness (QED) is 0.568. The van der Waals surface area contributed by atoms with E-state index in [4.69, 9.17) is 9.84 Å². The molecule has 3 atom stereocenters. The number of hydrogen-bond donors (Lipinski definition) is 2. The minimum absolute atomic E-state index is 0.0531. The summed E-state index contributed by atoms with van der Waals surface area (Å²) < 4.78 is 5.11. The van der Waals surface area contributed by atoms with Gasteiger partial charge in [-0.05, 0) is 30.4 Å². The summed E-state index contributed by atoms with van der Waals surface area (Å²) in [5, 5.41) is 13.7. The number of ether oxygens (including phenoxy) is 1. The third-order valence-electron chi connectivity index (χ3n) is 3.50. The van der Waals surface area contributed by atoms with Crippen molar-refractivity contribution in [1.29, 1.82) is 0 Å². The average molecular weight is 309 g/mol. The van der Waals surface area contributed by atoms with Crippen LogP contribution in [0.1, 0.15) is 22.8 Å². The van der Waals surface area contributed by atoms with Crippen LogP contribution in [0.15, 0.2) is 24.1 Å². The number of hydrogen-bond acceptors (Lipinski definition) is 4. The molecule has 0 spiro atoms. The second-order valence-electron chi connectivity index (χ2n) is 5.14. The molecule has 1 aromatic rings. The molecule has 1 aliphatic rings. The van der Waals surface area contributed by atoms with E-state index < -0.39 is 12.0 Å². The monoisotopic (exact) mass is 309 g/mol. The summed E-state index contributed by atoms with van der Waals surface area (Å²) in [5.74, 6) is -1.18. The zero-order valence-electron chi connectivity index (χ0n) is 11.9. The lowest BCUT2D eigenvalue weighted by Crippen LogP contribution is -2.44. The van der Waals surface area contributed by atoms with Crippen LogP contribution in [0.3, 0.4) is 0 Å². The summed E-state index contributed by atoms with van der Waals surface area (Å²) in [5.41, 5.74) is 1.20. The van der Waals surface area contributed by atoms with Gasteiger partial charge in [-0.2, -0.15) is 0 Å². The summed E-state index contributed by atoms with van der Waals surface area (Å²) in [4.78, 5) is 24.5. The van der Waals surface area contributed by atoms with Gasteiger partial charge in [-0.3, -0.25) is 4.79 Å². The number of aliphatic carboxylic acids is 1. The number of rotatable bonds is 8. The Morgan fingerprint density at radius 2 is 2.43 bits per heavy atom. The molecule has 1 aromatic heterocycles. The van der Waals surface area contributed by atoms with Crippen molar-refractivity contribution in [1.82, 2.24) is 5.32 Å². The van der Waals surface area contributed by atoms with Gasteiger partial charge in [-0.15, -0.1) is 17.9 Å². The highest BCUT2D eigenvalue weighted by Gasteiger charge is 2.46. The van der Waals surface area contributed by atoms with Crippen LogP contribution in [0, 0.1) is 12.8 Å².